The largest absolute Gasteiger partial charge is 0.494 e. The lowest BCUT2D eigenvalue weighted by Gasteiger charge is -2.11. The van der Waals surface area contributed by atoms with E-state index >= 15 is 0 Å². The molecule has 0 aliphatic carbocycles. The van der Waals surface area contributed by atoms with E-state index in [4.69, 9.17) is 9.47 Å². The van der Waals surface area contributed by atoms with Crippen molar-refractivity contribution >= 4 is 10.9 Å². The van der Waals surface area contributed by atoms with E-state index in [1.165, 1.54) is 207 Å². The third-order valence-electron chi connectivity index (χ3n) is 11.6. The molecule has 0 amide bonds. The summed E-state index contributed by atoms with van der Waals surface area (Å²) in [5.74, 6) is 1.96. The molecule has 3 aromatic rings. The Morgan fingerprint density at radius 2 is 0.526 bits per heavy atom. The fourth-order valence-corrected chi connectivity index (χ4v) is 10.1. The van der Waals surface area contributed by atoms with Crippen LogP contribution in [0.2, 0.25) is 0 Å². The van der Waals surface area contributed by atoms with Crippen LogP contribution in [0.15, 0.2) is 93.5 Å². The Morgan fingerprint density at radius 1 is 0.281 bits per heavy atom. The number of benzene rings is 3. The van der Waals surface area contributed by atoms with Crippen LogP contribution in [0, 0.1) is 0 Å². The summed E-state index contributed by atoms with van der Waals surface area (Å²) < 4.78 is 12.4. The first-order valence-electron chi connectivity index (χ1n) is 24.6. The van der Waals surface area contributed by atoms with Crippen LogP contribution >= 0.6 is 0 Å². The van der Waals surface area contributed by atoms with E-state index in [1.807, 2.05) is 0 Å². The second-order valence-corrected chi connectivity index (χ2v) is 18.9. The predicted octanol–water partition coefficient (Wildman–Crippen LogP) is 18.1. The van der Waals surface area contributed by atoms with E-state index in [0.29, 0.717) is 0 Å². The molecule has 0 saturated heterocycles. The van der Waals surface area contributed by atoms with Gasteiger partial charge in [0.05, 0.1) is 24.1 Å². The zero-order valence-corrected chi connectivity index (χ0v) is 38.1. The molecular formula is C54H87O2S+. The zero-order valence-electron chi connectivity index (χ0n) is 37.3. The molecule has 3 rings (SSSR count). The van der Waals surface area contributed by atoms with Gasteiger partial charge in [0, 0.05) is 0 Å². The fourth-order valence-electron chi connectivity index (χ4n) is 7.99. The molecule has 0 unspecified atom stereocenters. The summed E-state index contributed by atoms with van der Waals surface area (Å²) in [7, 11) is -0.179. The fraction of sp³-hybridized carbons (Fsp3) is 0.667. The predicted molar refractivity (Wildman–Crippen MR) is 252 cm³/mol. The quantitative estimate of drug-likeness (QED) is 0.0423. The molecule has 0 spiro atoms. The second-order valence-electron chi connectivity index (χ2n) is 16.9. The first-order valence-corrected chi connectivity index (χ1v) is 25.8. The van der Waals surface area contributed by atoms with Gasteiger partial charge in [-0.1, -0.05) is 225 Å². The Morgan fingerprint density at radius 3 is 0.807 bits per heavy atom. The van der Waals surface area contributed by atoms with Crippen molar-refractivity contribution in [1.82, 2.24) is 0 Å². The molecule has 3 aromatic carbocycles. The number of hydrogen-bond acceptors (Lipinski definition) is 2. The van der Waals surface area contributed by atoms with Crippen molar-refractivity contribution in [2.75, 3.05) is 13.2 Å². The molecule has 0 fully saturated rings. The van der Waals surface area contributed by atoms with Crippen molar-refractivity contribution in [2.24, 2.45) is 0 Å². The van der Waals surface area contributed by atoms with Gasteiger partial charge >= 0.3 is 0 Å². The highest BCUT2D eigenvalue weighted by molar-refractivity contribution is 7.97. The molecule has 0 aliphatic rings. The minimum atomic E-state index is -0.179. The maximum absolute atomic E-state index is 6.18. The van der Waals surface area contributed by atoms with Crippen molar-refractivity contribution in [3.8, 4) is 11.5 Å². The highest BCUT2D eigenvalue weighted by Gasteiger charge is 2.28. The van der Waals surface area contributed by atoms with Crippen LogP contribution in [0.4, 0.5) is 0 Å². The van der Waals surface area contributed by atoms with Crippen LogP contribution in [-0.2, 0) is 10.9 Å². The monoisotopic (exact) mass is 800 g/mol. The third kappa shape index (κ3) is 25.0. The summed E-state index contributed by atoms with van der Waals surface area (Å²) in [6.07, 6.45) is 44.6. The standard InChI is InChI=1S/C54H87O2S/c1-3-5-7-9-11-13-15-17-19-21-23-25-27-29-31-36-48-55-50-40-44-53(45-41-50)57(52-38-34-33-35-39-52)54-46-42-51(43-47-54)56-49-37-32-30-28-26-24-22-20-18-16-14-12-10-8-6-4-2/h33-35,38-47H,3-32,36-37,48-49H2,1-2H3/q+1. The SMILES string of the molecule is CCCCCCCCCCCCCCCCCCOc1ccc([S+](c2ccccc2)c2ccc(OCCCCCCCCCCCCCCCCCC)cc2)cc1. The van der Waals surface area contributed by atoms with E-state index in [-0.39, 0.29) is 10.9 Å². The molecule has 320 valence electrons. The average molecular weight is 800 g/mol. The van der Waals surface area contributed by atoms with Gasteiger partial charge in [-0.25, -0.2) is 0 Å². The van der Waals surface area contributed by atoms with Crippen molar-refractivity contribution in [3.05, 3.63) is 78.9 Å². The summed E-state index contributed by atoms with van der Waals surface area (Å²) in [5.41, 5.74) is 0. The number of ether oxygens (including phenoxy) is 2. The first-order chi connectivity index (χ1) is 28.3. The van der Waals surface area contributed by atoms with Gasteiger partial charge in [-0.15, -0.1) is 0 Å². The molecule has 0 N–H and O–H groups in total. The van der Waals surface area contributed by atoms with Crippen LogP contribution in [0.25, 0.3) is 0 Å². The van der Waals surface area contributed by atoms with Gasteiger partial charge in [0.1, 0.15) is 11.5 Å². The van der Waals surface area contributed by atoms with Gasteiger partial charge in [0.15, 0.2) is 14.7 Å². The minimum absolute atomic E-state index is 0.179. The van der Waals surface area contributed by atoms with E-state index in [1.54, 1.807) is 0 Å². The van der Waals surface area contributed by atoms with Gasteiger partial charge in [-0.2, -0.15) is 0 Å². The van der Waals surface area contributed by atoms with E-state index in [0.717, 1.165) is 37.6 Å². The molecule has 0 atom stereocenters. The van der Waals surface area contributed by atoms with Gasteiger partial charge in [-0.3, -0.25) is 0 Å². The van der Waals surface area contributed by atoms with Crippen molar-refractivity contribution < 1.29 is 9.47 Å². The zero-order chi connectivity index (χ0) is 40.1. The Kier molecular flexibility index (Phi) is 30.5. The van der Waals surface area contributed by atoms with Gasteiger partial charge in [0.25, 0.3) is 0 Å². The van der Waals surface area contributed by atoms with Crippen LogP contribution < -0.4 is 9.47 Å². The summed E-state index contributed by atoms with van der Waals surface area (Å²) >= 11 is 0. The molecule has 3 heteroatoms. The normalized spacial score (nSPS) is 11.4. The van der Waals surface area contributed by atoms with Crippen LogP contribution in [0.1, 0.15) is 219 Å². The molecule has 0 aromatic heterocycles. The maximum atomic E-state index is 6.18. The lowest BCUT2D eigenvalue weighted by molar-refractivity contribution is 0.304. The molecule has 0 radical (unpaired) electrons. The van der Waals surface area contributed by atoms with Crippen molar-refractivity contribution in [1.29, 1.82) is 0 Å². The summed E-state index contributed by atoms with van der Waals surface area (Å²) in [4.78, 5) is 3.97. The van der Waals surface area contributed by atoms with E-state index in [9.17, 15) is 0 Å². The summed E-state index contributed by atoms with van der Waals surface area (Å²) in [6, 6.07) is 28.7. The Bertz CT molecular complexity index is 1190. The van der Waals surface area contributed by atoms with Gasteiger partial charge in [0.2, 0.25) is 0 Å². The minimum Gasteiger partial charge on any atom is -0.494 e. The summed E-state index contributed by atoms with van der Waals surface area (Å²) in [6.45, 7) is 6.22. The molecule has 0 bridgehead atoms. The topological polar surface area (TPSA) is 18.5 Å². The van der Waals surface area contributed by atoms with Crippen LogP contribution in [0.3, 0.4) is 0 Å². The lowest BCUT2D eigenvalue weighted by Crippen LogP contribution is -2.05. The second kappa shape index (κ2) is 35.5. The molecule has 0 aliphatic heterocycles. The van der Waals surface area contributed by atoms with E-state index in [2.05, 4.69) is 92.7 Å². The highest BCUT2D eigenvalue weighted by atomic mass is 32.2. The van der Waals surface area contributed by atoms with Crippen LogP contribution in [0.5, 0.6) is 11.5 Å². The number of rotatable bonds is 39. The highest BCUT2D eigenvalue weighted by Crippen LogP contribution is 2.33. The lowest BCUT2D eigenvalue weighted by atomic mass is 10.0. The van der Waals surface area contributed by atoms with Gasteiger partial charge in [-0.05, 0) is 73.5 Å². The average Bonchev–Trinajstić information content (AvgIpc) is 3.24. The first kappa shape index (κ1) is 49.0. The Hall–Kier alpha value is -2.39. The molecule has 0 saturated carbocycles. The van der Waals surface area contributed by atoms with Crippen molar-refractivity contribution in [3.63, 3.8) is 0 Å². The smallest absolute Gasteiger partial charge is 0.166 e. The van der Waals surface area contributed by atoms with Crippen molar-refractivity contribution in [2.45, 2.75) is 234 Å². The van der Waals surface area contributed by atoms with E-state index < -0.39 is 0 Å². The number of unbranched alkanes of at least 4 members (excludes halogenated alkanes) is 30. The van der Waals surface area contributed by atoms with Gasteiger partial charge < -0.3 is 9.47 Å². The maximum Gasteiger partial charge on any atom is 0.166 e. The van der Waals surface area contributed by atoms with Crippen LogP contribution in [-0.4, -0.2) is 13.2 Å². The third-order valence-corrected chi connectivity index (χ3v) is 13.9. The summed E-state index contributed by atoms with van der Waals surface area (Å²) in [5, 5.41) is 0. The number of hydrogen-bond donors (Lipinski definition) is 0. The Labute approximate surface area is 356 Å². The molecule has 57 heavy (non-hydrogen) atoms. The molecule has 2 nitrogen and oxygen atoms in total. The molecular weight excluding hydrogens is 713 g/mol. The Balaban J connectivity index is 1.24. The molecule has 0 heterocycles.